The summed E-state index contributed by atoms with van der Waals surface area (Å²) >= 11 is 0. The number of primary amides is 1. The SMILES string of the molecule is CCN(CC(N)=O)CC1CCNC1. The Balaban J connectivity index is 2.25. The van der Waals surface area contributed by atoms with E-state index in [0.717, 1.165) is 26.2 Å². The molecule has 1 atom stereocenters. The van der Waals surface area contributed by atoms with Crippen molar-refractivity contribution in [1.29, 1.82) is 0 Å². The molecule has 1 aliphatic heterocycles. The average Bonchev–Trinajstić information content (AvgIpc) is 2.55. The highest BCUT2D eigenvalue weighted by Gasteiger charge is 2.17. The van der Waals surface area contributed by atoms with Gasteiger partial charge in [-0.05, 0) is 32.0 Å². The van der Waals surface area contributed by atoms with Gasteiger partial charge in [0.05, 0.1) is 6.54 Å². The molecule has 0 aromatic heterocycles. The van der Waals surface area contributed by atoms with Crippen LogP contribution in [0.5, 0.6) is 0 Å². The van der Waals surface area contributed by atoms with E-state index in [9.17, 15) is 4.79 Å². The fraction of sp³-hybridized carbons (Fsp3) is 0.889. The molecular formula is C9H19N3O. The molecular weight excluding hydrogens is 166 g/mol. The maximum atomic E-state index is 10.7. The van der Waals surface area contributed by atoms with E-state index in [1.54, 1.807) is 0 Å². The molecule has 1 fully saturated rings. The standard InChI is InChI=1S/C9H19N3O/c1-2-12(7-9(10)13)6-8-3-4-11-5-8/h8,11H,2-7H2,1H3,(H2,10,13). The number of nitrogens with zero attached hydrogens (tertiary/aromatic N) is 1. The minimum Gasteiger partial charge on any atom is -0.369 e. The predicted octanol–water partition coefficient (Wildman–Crippen LogP) is -0.597. The molecule has 1 rings (SSSR count). The number of carbonyl (C=O) groups is 1. The van der Waals surface area contributed by atoms with Crippen molar-refractivity contribution in [1.82, 2.24) is 10.2 Å². The maximum absolute atomic E-state index is 10.7. The van der Waals surface area contributed by atoms with Gasteiger partial charge in [0.1, 0.15) is 0 Å². The summed E-state index contributed by atoms with van der Waals surface area (Å²) in [6.45, 7) is 6.54. The lowest BCUT2D eigenvalue weighted by Crippen LogP contribution is -2.37. The summed E-state index contributed by atoms with van der Waals surface area (Å²) in [5.74, 6) is 0.465. The second-order valence-electron chi connectivity index (χ2n) is 3.65. The Morgan fingerprint density at radius 1 is 1.69 bits per heavy atom. The Morgan fingerprint density at radius 3 is 2.92 bits per heavy atom. The molecule has 1 saturated heterocycles. The quantitative estimate of drug-likeness (QED) is 0.601. The van der Waals surface area contributed by atoms with Crippen molar-refractivity contribution in [2.45, 2.75) is 13.3 Å². The fourth-order valence-corrected chi connectivity index (χ4v) is 1.76. The molecule has 0 bridgehead atoms. The number of amides is 1. The largest absolute Gasteiger partial charge is 0.369 e. The van der Waals surface area contributed by atoms with Crippen LogP contribution in [0.3, 0.4) is 0 Å². The molecule has 0 aromatic carbocycles. The monoisotopic (exact) mass is 185 g/mol. The third kappa shape index (κ3) is 3.74. The van der Waals surface area contributed by atoms with Gasteiger partial charge in [-0.3, -0.25) is 9.69 Å². The first-order valence-corrected chi connectivity index (χ1v) is 4.93. The van der Waals surface area contributed by atoms with Gasteiger partial charge in [0.15, 0.2) is 0 Å². The van der Waals surface area contributed by atoms with Crippen LogP contribution >= 0.6 is 0 Å². The van der Waals surface area contributed by atoms with E-state index in [-0.39, 0.29) is 5.91 Å². The number of likely N-dealkylation sites (N-methyl/N-ethyl adjacent to an activating group) is 1. The second-order valence-corrected chi connectivity index (χ2v) is 3.65. The van der Waals surface area contributed by atoms with Crippen LogP contribution in [0.15, 0.2) is 0 Å². The van der Waals surface area contributed by atoms with Crippen molar-refractivity contribution in [2.24, 2.45) is 11.7 Å². The van der Waals surface area contributed by atoms with Crippen molar-refractivity contribution in [3.05, 3.63) is 0 Å². The molecule has 1 heterocycles. The summed E-state index contributed by atoms with van der Waals surface area (Å²) in [4.78, 5) is 12.8. The lowest BCUT2D eigenvalue weighted by atomic mass is 10.1. The molecule has 0 aromatic rings. The van der Waals surface area contributed by atoms with Crippen LogP contribution in [0.1, 0.15) is 13.3 Å². The van der Waals surface area contributed by atoms with E-state index in [2.05, 4.69) is 17.1 Å². The summed E-state index contributed by atoms with van der Waals surface area (Å²) in [5, 5.41) is 3.31. The van der Waals surface area contributed by atoms with Crippen LogP contribution in [0.25, 0.3) is 0 Å². The van der Waals surface area contributed by atoms with E-state index in [4.69, 9.17) is 5.73 Å². The average molecular weight is 185 g/mol. The number of nitrogens with one attached hydrogen (secondary N) is 1. The van der Waals surface area contributed by atoms with Crippen LogP contribution in [0.2, 0.25) is 0 Å². The molecule has 1 amide bonds. The first-order chi connectivity index (χ1) is 6.22. The highest BCUT2D eigenvalue weighted by Crippen LogP contribution is 2.09. The molecule has 1 aliphatic rings. The van der Waals surface area contributed by atoms with Crippen molar-refractivity contribution in [3.8, 4) is 0 Å². The summed E-state index contributed by atoms with van der Waals surface area (Å²) in [6.07, 6.45) is 1.22. The van der Waals surface area contributed by atoms with E-state index in [1.807, 2.05) is 0 Å². The molecule has 4 heteroatoms. The molecule has 0 aliphatic carbocycles. The van der Waals surface area contributed by atoms with Gasteiger partial charge in [0, 0.05) is 6.54 Å². The molecule has 0 saturated carbocycles. The van der Waals surface area contributed by atoms with Gasteiger partial charge >= 0.3 is 0 Å². The van der Waals surface area contributed by atoms with Gasteiger partial charge in [0.25, 0.3) is 0 Å². The summed E-state index contributed by atoms with van der Waals surface area (Å²) in [5.41, 5.74) is 5.15. The Labute approximate surface area is 79.5 Å². The molecule has 76 valence electrons. The number of carbonyl (C=O) groups excluding carboxylic acids is 1. The molecule has 3 N–H and O–H groups in total. The van der Waals surface area contributed by atoms with E-state index in [0.29, 0.717) is 12.5 Å². The fourth-order valence-electron chi connectivity index (χ4n) is 1.76. The normalized spacial score (nSPS) is 22.5. The van der Waals surface area contributed by atoms with Gasteiger partial charge < -0.3 is 11.1 Å². The molecule has 13 heavy (non-hydrogen) atoms. The van der Waals surface area contributed by atoms with Crippen molar-refractivity contribution in [2.75, 3.05) is 32.7 Å². The molecule has 4 nitrogen and oxygen atoms in total. The number of nitrogens with two attached hydrogens (primary N) is 1. The Kier molecular flexibility index (Phi) is 4.18. The van der Waals surface area contributed by atoms with Crippen molar-refractivity contribution >= 4 is 5.91 Å². The lowest BCUT2D eigenvalue weighted by molar-refractivity contribution is -0.119. The summed E-state index contributed by atoms with van der Waals surface area (Å²) < 4.78 is 0. The third-order valence-corrected chi connectivity index (χ3v) is 2.51. The highest BCUT2D eigenvalue weighted by atomic mass is 16.1. The number of hydrogen-bond acceptors (Lipinski definition) is 3. The number of hydrogen-bond donors (Lipinski definition) is 2. The second kappa shape index (κ2) is 5.19. The van der Waals surface area contributed by atoms with Gasteiger partial charge in [0.2, 0.25) is 5.91 Å². The Bertz CT molecular complexity index is 166. The molecule has 0 spiro atoms. The minimum atomic E-state index is -0.229. The minimum absolute atomic E-state index is 0.229. The zero-order valence-corrected chi connectivity index (χ0v) is 8.25. The van der Waals surface area contributed by atoms with E-state index >= 15 is 0 Å². The highest BCUT2D eigenvalue weighted by molar-refractivity contribution is 5.75. The van der Waals surface area contributed by atoms with E-state index < -0.39 is 0 Å². The first-order valence-electron chi connectivity index (χ1n) is 4.93. The number of rotatable bonds is 5. The zero-order valence-electron chi connectivity index (χ0n) is 8.25. The van der Waals surface area contributed by atoms with Crippen LogP contribution in [-0.4, -0.2) is 43.5 Å². The first kappa shape index (κ1) is 10.5. The van der Waals surface area contributed by atoms with Crippen LogP contribution < -0.4 is 11.1 Å². The van der Waals surface area contributed by atoms with E-state index in [1.165, 1.54) is 6.42 Å². The van der Waals surface area contributed by atoms with Gasteiger partial charge in [-0.2, -0.15) is 0 Å². The lowest BCUT2D eigenvalue weighted by Gasteiger charge is -2.21. The van der Waals surface area contributed by atoms with Crippen LogP contribution in [-0.2, 0) is 4.79 Å². The molecule has 0 radical (unpaired) electrons. The smallest absolute Gasteiger partial charge is 0.231 e. The van der Waals surface area contributed by atoms with Gasteiger partial charge in [-0.25, -0.2) is 0 Å². The predicted molar refractivity (Wildman–Crippen MR) is 52.3 cm³/mol. The topological polar surface area (TPSA) is 58.4 Å². The van der Waals surface area contributed by atoms with Crippen LogP contribution in [0.4, 0.5) is 0 Å². The maximum Gasteiger partial charge on any atom is 0.231 e. The van der Waals surface area contributed by atoms with Crippen LogP contribution in [0, 0.1) is 5.92 Å². The van der Waals surface area contributed by atoms with Crippen molar-refractivity contribution in [3.63, 3.8) is 0 Å². The van der Waals surface area contributed by atoms with Gasteiger partial charge in [-0.15, -0.1) is 0 Å². The summed E-state index contributed by atoms with van der Waals surface area (Å²) in [6, 6.07) is 0. The molecule has 1 unspecified atom stereocenters. The summed E-state index contributed by atoms with van der Waals surface area (Å²) in [7, 11) is 0. The Hall–Kier alpha value is -0.610. The third-order valence-electron chi connectivity index (χ3n) is 2.51. The van der Waals surface area contributed by atoms with Crippen molar-refractivity contribution < 1.29 is 4.79 Å². The zero-order chi connectivity index (χ0) is 9.68. The Morgan fingerprint density at radius 2 is 2.46 bits per heavy atom. The van der Waals surface area contributed by atoms with Gasteiger partial charge in [-0.1, -0.05) is 6.92 Å².